The monoisotopic (exact) mass is 543 g/mol. The number of carbonyl (C=O) groups excluding carboxylic acids is 3. The number of amides is 4. The quantitative estimate of drug-likeness (QED) is 0.358. The Balaban J connectivity index is 0.000000197. The van der Waals surface area contributed by atoms with E-state index in [4.69, 9.17) is 14.4 Å². The number of nitrogens with one attached hydrogen (secondary N) is 2. The normalized spacial score (nSPS) is 15.2. The smallest absolute Gasteiger partial charge is 0.322 e. The number of halogens is 1. The number of aromatic nitrogens is 1. The van der Waals surface area contributed by atoms with Crippen molar-refractivity contribution in [2.24, 2.45) is 0 Å². The van der Waals surface area contributed by atoms with Crippen LogP contribution in [0.5, 0.6) is 5.75 Å². The summed E-state index contributed by atoms with van der Waals surface area (Å²) in [4.78, 5) is 40.4. The SMILES string of the molecule is CC.COc1ccc2c(c1F)C(=O)N(C)C2.N#Cc1cccc(-c2ccc3oc(C4NC(=O)NC4=O)cc3n2)c1. The zero-order valence-electron chi connectivity index (χ0n) is 22.2. The van der Waals surface area contributed by atoms with Gasteiger partial charge in [-0.2, -0.15) is 5.26 Å². The first-order valence-electron chi connectivity index (χ1n) is 12.4. The lowest BCUT2D eigenvalue weighted by atomic mass is 10.1. The minimum absolute atomic E-state index is 0.118. The Labute approximate surface area is 229 Å². The number of ether oxygens (including phenoxy) is 1. The Kier molecular flexibility index (Phi) is 8.09. The molecule has 1 atom stereocenters. The molecule has 0 radical (unpaired) electrons. The van der Waals surface area contributed by atoms with Crippen molar-refractivity contribution < 1.29 is 27.9 Å². The Morgan fingerprint density at radius 3 is 2.58 bits per heavy atom. The molecule has 2 aromatic heterocycles. The predicted octanol–water partition coefficient (Wildman–Crippen LogP) is 4.69. The molecule has 1 fully saturated rings. The molecule has 11 heteroatoms. The van der Waals surface area contributed by atoms with Gasteiger partial charge in [-0.05, 0) is 35.9 Å². The lowest BCUT2D eigenvalue weighted by Gasteiger charge is -2.05. The molecule has 2 aromatic carbocycles. The third-order valence-electron chi connectivity index (χ3n) is 6.12. The molecule has 1 saturated heterocycles. The third-order valence-corrected chi connectivity index (χ3v) is 6.12. The van der Waals surface area contributed by atoms with Crippen LogP contribution in [0.4, 0.5) is 9.18 Å². The van der Waals surface area contributed by atoms with Crippen molar-refractivity contribution in [2.75, 3.05) is 14.2 Å². The molecule has 2 aliphatic heterocycles. The van der Waals surface area contributed by atoms with E-state index in [1.54, 1.807) is 55.6 Å². The van der Waals surface area contributed by atoms with E-state index in [0.717, 1.165) is 11.1 Å². The van der Waals surface area contributed by atoms with Gasteiger partial charge in [0.25, 0.3) is 11.8 Å². The average molecular weight is 544 g/mol. The maximum atomic E-state index is 13.6. The standard InChI is InChI=1S/C17H10N4O3.C10H10FNO2.C2H6/c18-8-9-2-1-3-10(6-9)11-4-5-13-12(19-11)7-14(24-13)15-16(22)21-17(23)20-15;1-12-5-6-3-4-7(14-2)9(11)8(6)10(12)13;1-2/h1-7,15H,(H2,20,21,22,23);3-4H,5H2,1-2H3;1-2H3. The number of fused-ring (bicyclic) bond motifs is 2. The van der Waals surface area contributed by atoms with Gasteiger partial charge in [0.1, 0.15) is 11.3 Å². The number of carbonyl (C=O) groups is 3. The fourth-order valence-corrected chi connectivity index (χ4v) is 4.25. The minimum Gasteiger partial charge on any atom is -0.494 e. The summed E-state index contributed by atoms with van der Waals surface area (Å²) in [7, 11) is 3.03. The minimum atomic E-state index is -0.850. The van der Waals surface area contributed by atoms with Crippen molar-refractivity contribution in [1.29, 1.82) is 5.26 Å². The first kappa shape index (κ1) is 27.8. The molecule has 0 bridgehead atoms. The van der Waals surface area contributed by atoms with Crippen LogP contribution >= 0.6 is 0 Å². The molecule has 10 nitrogen and oxygen atoms in total. The molecule has 2 N–H and O–H groups in total. The predicted molar refractivity (Wildman–Crippen MR) is 144 cm³/mol. The summed E-state index contributed by atoms with van der Waals surface area (Å²) in [6.45, 7) is 4.47. The van der Waals surface area contributed by atoms with E-state index >= 15 is 0 Å². The van der Waals surface area contributed by atoms with E-state index in [9.17, 15) is 18.8 Å². The second-order valence-electron chi connectivity index (χ2n) is 8.59. The molecule has 6 rings (SSSR count). The number of furan rings is 1. The van der Waals surface area contributed by atoms with Crippen LogP contribution in [-0.4, -0.2) is 41.9 Å². The highest BCUT2D eigenvalue weighted by atomic mass is 19.1. The molecule has 2 aliphatic rings. The fourth-order valence-electron chi connectivity index (χ4n) is 4.25. The van der Waals surface area contributed by atoms with Gasteiger partial charge in [0.15, 0.2) is 23.2 Å². The molecule has 4 amide bonds. The van der Waals surface area contributed by atoms with E-state index < -0.39 is 23.8 Å². The van der Waals surface area contributed by atoms with Gasteiger partial charge in [-0.3, -0.25) is 14.9 Å². The van der Waals surface area contributed by atoms with E-state index in [0.29, 0.717) is 34.7 Å². The van der Waals surface area contributed by atoms with Gasteiger partial charge in [-0.1, -0.05) is 32.0 Å². The van der Waals surface area contributed by atoms with Crippen LogP contribution in [-0.2, 0) is 11.3 Å². The number of benzene rings is 2. The summed E-state index contributed by atoms with van der Waals surface area (Å²) in [6, 6.07) is 16.2. The van der Waals surface area contributed by atoms with E-state index in [2.05, 4.69) is 21.7 Å². The van der Waals surface area contributed by atoms with Crippen LogP contribution in [0, 0.1) is 17.1 Å². The Morgan fingerprint density at radius 1 is 1.12 bits per heavy atom. The summed E-state index contributed by atoms with van der Waals surface area (Å²) in [5.74, 6) is -0.854. The van der Waals surface area contributed by atoms with Gasteiger partial charge in [0.2, 0.25) is 0 Å². The summed E-state index contributed by atoms with van der Waals surface area (Å²) >= 11 is 0. The third kappa shape index (κ3) is 5.33. The van der Waals surface area contributed by atoms with Gasteiger partial charge >= 0.3 is 6.03 Å². The Hall–Kier alpha value is -5.24. The molecule has 0 aliphatic carbocycles. The number of pyridine rings is 1. The molecular formula is C29H26FN5O5. The highest BCUT2D eigenvalue weighted by Crippen LogP contribution is 2.30. The van der Waals surface area contributed by atoms with Gasteiger partial charge in [0.05, 0.1) is 30.0 Å². The molecular weight excluding hydrogens is 517 g/mol. The average Bonchev–Trinajstić information content (AvgIpc) is 3.64. The lowest BCUT2D eigenvalue weighted by Crippen LogP contribution is -2.22. The van der Waals surface area contributed by atoms with Crippen molar-refractivity contribution in [1.82, 2.24) is 20.5 Å². The van der Waals surface area contributed by atoms with Crippen LogP contribution in [0.3, 0.4) is 0 Å². The molecule has 1 unspecified atom stereocenters. The number of nitrogens with zero attached hydrogens (tertiary/aromatic N) is 3. The van der Waals surface area contributed by atoms with Crippen molar-refractivity contribution in [3.8, 4) is 23.1 Å². The molecule has 40 heavy (non-hydrogen) atoms. The number of urea groups is 1. The molecule has 0 spiro atoms. The van der Waals surface area contributed by atoms with Crippen LogP contribution in [0.15, 0.2) is 59.0 Å². The first-order chi connectivity index (χ1) is 19.3. The second-order valence-corrected chi connectivity index (χ2v) is 8.59. The van der Waals surface area contributed by atoms with Crippen molar-refractivity contribution >= 4 is 28.9 Å². The Morgan fingerprint density at radius 2 is 1.90 bits per heavy atom. The van der Waals surface area contributed by atoms with E-state index in [1.165, 1.54) is 12.0 Å². The second kappa shape index (κ2) is 11.7. The summed E-state index contributed by atoms with van der Waals surface area (Å²) < 4.78 is 24.0. The van der Waals surface area contributed by atoms with Crippen LogP contribution in [0.2, 0.25) is 0 Å². The Bertz CT molecular complexity index is 1660. The number of methoxy groups -OCH3 is 1. The molecule has 204 valence electrons. The van der Waals surface area contributed by atoms with Gasteiger partial charge < -0.3 is 19.4 Å². The number of rotatable bonds is 3. The largest absolute Gasteiger partial charge is 0.494 e. The number of nitriles is 1. The van der Waals surface area contributed by atoms with Crippen LogP contribution in [0.1, 0.15) is 47.1 Å². The molecule has 4 aromatic rings. The highest BCUT2D eigenvalue weighted by Gasteiger charge is 2.34. The van der Waals surface area contributed by atoms with E-state index in [1.807, 2.05) is 19.9 Å². The number of hydrogen-bond donors (Lipinski definition) is 2. The zero-order chi connectivity index (χ0) is 29.0. The van der Waals surface area contributed by atoms with Gasteiger partial charge in [-0.15, -0.1) is 0 Å². The zero-order valence-corrected chi connectivity index (χ0v) is 22.2. The number of hydrogen-bond acceptors (Lipinski definition) is 7. The van der Waals surface area contributed by atoms with Gasteiger partial charge in [0, 0.05) is 25.2 Å². The molecule has 0 saturated carbocycles. The van der Waals surface area contributed by atoms with Crippen molar-refractivity contribution in [3.63, 3.8) is 0 Å². The van der Waals surface area contributed by atoms with Crippen molar-refractivity contribution in [2.45, 2.75) is 26.4 Å². The lowest BCUT2D eigenvalue weighted by molar-refractivity contribution is -0.120. The van der Waals surface area contributed by atoms with Crippen LogP contribution in [0.25, 0.3) is 22.4 Å². The van der Waals surface area contributed by atoms with Crippen LogP contribution < -0.4 is 15.4 Å². The maximum Gasteiger partial charge on any atom is 0.322 e. The first-order valence-corrected chi connectivity index (χ1v) is 12.4. The van der Waals surface area contributed by atoms with E-state index in [-0.39, 0.29) is 17.2 Å². The summed E-state index contributed by atoms with van der Waals surface area (Å²) in [6.07, 6.45) is 0. The van der Waals surface area contributed by atoms with Crippen molar-refractivity contribution in [3.05, 3.63) is 82.9 Å². The topological polar surface area (TPSA) is 138 Å². The fraction of sp³-hybridized carbons (Fsp3) is 0.207. The highest BCUT2D eigenvalue weighted by molar-refractivity contribution is 6.04. The maximum absolute atomic E-state index is 13.6. The van der Waals surface area contributed by atoms with Gasteiger partial charge in [-0.25, -0.2) is 14.2 Å². The molecule has 4 heterocycles. The number of imide groups is 1. The summed E-state index contributed by atoms with van der Waals surface area (Å²) in [5.41, 5.74) is 3.99. The summed E-state index contributed by atoms with van der Waals surface area (Å²) in [5, 5.41) is 13.6.